The van der Waals surface area contributed by atoms with Gasteiger partial charge in [-0.2, -0.15) is 0 Å². The van der Waals surface area contributed by atoms with Gasteiger partial charge in [0.25, 0.3) is 0 Å². The zero-order valence-electron chi connectivity index (χ0n) is 22.6. The van der Waals surface area contributed by atoms with E-state index in [4.69, 9.17) is 9.47 Å². The van der Waals surface area contributed by atoms with Crippen LogP contribution in [0.2, 0.25) is 0 Å². The maximum Gasteiger partial charge on any atom is 0.407 e. The van der Waals surface area contributed by atoms with Gasteiger partial charge in [-0.25, -0.2) is 9.59 Å². The Labute approximate surface area is 239 Å². The van der Waals surface area contributed by atoms with Crippen molar-refractivity contribution in [2.75, 3.05) is 6.54 Å². The van der Waals surface area contributed by atoms with Crippen LogP contribution in [0.1, 0.15) is 41.8 Å². The molecule has 0 aliphatic heterocycles. The minimum atomic E-state index is -0.993. The third kappa shape index (κ3) is 9.20. The number of aryl methyl sites for hydroxylation is 1. The Morgan fingerprint density at radius 1 is 0.775 bits per heavy atom. The van der Waals surface area contributed by atoms with Crippen molar-refractivity contribution in [3.05, 3.63) is 120 Å². The van der Waals surface area contributed by atoms with Gasteiger partial charge in [-0.15, -0.1) is 0 Å². The molecule has 40 heavy (non-hydrogen) atoms. The first-order valence-corrected chi connectivity index (χ1v) is 14.0. The van der Waals surface area contributed by atoms with Gasteiger partial charge < -0.3 is 19.9 Å². The highest BCUT2D eigenvalue weighted by Crippen LogP contribution is 2.32. The summed E-state index contributed by atoms with van der Waals surface area (Å²) in [5.74, 6) is 0.109. The maximum absolute atomic E-state index is 12.3. The van der Waals surface area contributed by atoms with Crippen molar-refractivity contribution in [2.24, 2.45) is 0 Å². The number of hydrogen-bond acceptors (Lipinski definition) is 5. The predicted octanol–water partition coefficient (Wildman–Crippen LogP) is 8.01. The second-order valence-electron chi connectivity index (χ2n) is 9.97. The molecule has 1 amide bonds. The average molecular weight is 556 g/mol. The van der Waals surface area contributed by atoms with Crippen LogP contribution in [-0.2, 0) is 17.6 Å². The summed E-state index contributed by atoms with van der Waals surface area (Å²) in [7, 11) is 0. The number of amides is 1. The topological polar surface area (TPSA) is 84.9 Å². The fourth-order valence-electron chi connectivity index (χ4n) is 4.03. The van der Waals surface area contributed by atoms with E-state index in [2.05, 4.69) is 41.7 Å². The molecule has 4 aromatic carbocycles. The number of rotatable bonds is 12. The van der Waals surface area contributed by atoms with Gasteiger partial charge >= 0.3 is 12.1 Å². The van der Waals surface area contributed by atoms with Gasteiger partial charge in [-0.1, -0.05) is 66.4 Å². The van der Waals surface area contributed by atoms with E-state index in [9.17, 15) is 14.7 Å². The summed E-state index contributed by atoms with van der Waals surface area (Å²) in [5.41, 5.74) is 1.97. The first-order chi connectivity index (χ1) is 19.3. The summed E-state index contributed by atoms with van der Waals surface area (Å²) < 4.78 is 11.5. The number of alkyl carbamates (subject to hydrolysis) is 1. The van der Waals surface area contributed by atoms with Gasteiger partial charge in [-0.3, -0.25) is 0 Å². The molecule has 0 atom stereocenters. The quantitative estimate of drug-likeness (QED) is 0.184. The fourth-order valence-corrected chi connectivity index (χ4v) is 4.89. The lowest BCUT2D eigenvalue weighted by Crippen LogP contribution is -2.35. The molecule has 0 heterocycles. The molecular weight excluding hydrogens is 522 g/mol. The van der Waals surface area contributed by atoms with Crippen LogP contribution in [0.25, 0.3) is 0 Å². The number of aromatic carboxylic acids is 1. The van der Waals surface area contributed by atoms with Crippen molar-refractivity contribution in [3.63, 3.8) is 0 Å². The number of benzene rings is 4. The van der Waals surface area contributed by atoms with Crippen molar-refractivity contribution in [3.8, 4) is 11.5 Å². The summed E-state index contributed by atoms with van der Waals surface area (Å²) in [6.07, 6.45) is 1.89. The number of hydrogen-bond donors (Lipinski definition) is 2. The Morgan fingerprint density at radius 2 is 1.45 bits per heavy atom. The van der Waals surface area contributed by atoms with Crippen molar-refractivity contribution < 1.29 is 24.2 Å². The largest absolute Gasteiger partial charge is 0.478 e. The van der Waals surface area contributed by atoms with Gasteiger partial charge in [0, 0.05) is 16.3 Å². The molecule has 4 aromatic rings. The molecule has 0 fully saturated rings. The fraction of sp³-hybridized carbons (Fsp3) is 0.212. The zero-order valence-corrected chi connectivity index (χ0v) is 23.4. The molecule has 0 saturated carbocycles. The molecule has 0 saturated heterocycles. The number of carbonyl (C=O) groups excluding carboxylic acids is 1. The molecule has 0 spiro atoms. The Morgan fingerprint density at radius 3 is 2.17 bits per heavy atom. The Bertz CT molecular complexity index is 1420. The van der Waals surface area contributed by atoms with Crippen LogP contribution < -0.4 is 10.1 Å². The second kappa shape index (κ2) is 13.7. The Balaban J connectivity index is 1.22. The normalized spacial score (nSPS) is 11.1. The molecule has 0 aliphatic carbocycles. The Kier molecular flexibility index (Phi) is 9.86. The molecule has 4 rings (SSSR count). The summed E-state index contributed by atoms with van der Waals surface area (Å²) >= 11 is 1.60. The average Bonchev–Trinajstić information content (AvgIpc) is 2.94. The summed E-state index contributed by atoms with van der Waals surface area (Å²) in [4.78, 5) is 25.6. The first kappa shape index (κ1) is 28.8. The molecule has 0 bridgehead atoms. The van der Waals surface area contributed by atoms with Crippen LogP contribution in [0, 0.1) is 0 Å². The van der Waals surface area contributed by atoms with Crippen LogP contribution in [-0.4, -0.2) is 29.3 Å². The van der Waals surface area contributed by atoms with E-state index >= 15 is 0 Å². The van der Waals surface area contributed by atoms with Gasteiger partial charge in [0.15, 0.2) is 0 Å². The number of carbonyl (C=O) groups is 2. The summed E-state index contributed by atoms with van der Waals surface area (Å²) in [6.45, 7) is 4.36. The second-order valence-corrected chi connectivity index (χ2v) is 11.1. The highest BCUT2D eigenvalue weighted by Gasteiger charge is 2.22. The lowest BCUT2D eigenvalue weighted by Gasteiger charge is -2.25. The van der Waals surface area contributed by atoms with Crippen molar-refractivity contribution in [1.29, 1.82) is 0 Å². The molecule has 0 aromatic heterocycles. The molecule has 2 N–H and O–H groups in total. The number of carboxylic acid groups (broad SMARTS) is 1. The lowest BCUT2D eigenvalue weighted by atomic mass is 9.99. The van der Waals surface area contributed by atoms with E-state index in [-0.39, 0.29) is 5.56 Å². The standard InChI is InChI=1S/C33H33NO5S/c1-33(2,20-18-24-8-4-3-5-9-24)39-32(37)34-21-19-25-14-16-29(17-15-25)40-30-13-7-12-28(23-30)38-27-11-6-10-26(22-27)31(35)36/h3-17,22-23H,18-21H2,1-2H3,(H,34,37)(H,35,36). The number of carboxylic acids is 1. The van der Waals surface area contributed by atoms with Crippen molar-refractivity contribution >= 4 is 23.8 Å². The van der Waals surface area contributed by atoms with E-state index in [0.29, 0.717) is 24.5 Å². The van der Waals surface area contributed by atoms with E-state index < -0.39 is 17.7 Å². The monoisotopic (exact) mass is 555 g/mol. The van der Waals surface area contributed by atoms with Gasteiger partial charge in [0.2, 0.25) is 0 Å². The third-order valence-electron chi connectivity index (χ3n) is 6.19. The van der Waals surface area contributed by atoms with Gasteiger partial charge in [0.1, 0.15) is 17.1 Å². The first-order valence-electron chi connectivity index (χ1n) is 13.1. The predicted molar refractivity (Wildman–Crippen MR) is 158 cm³/mol. The van der Waals surface area contributed by atoms with E-state index in [1.807, 2.05) is 56.3 Å². The van der Waals surface area contributed by atoms with Crippen LogP contribution in [0.5, 0.6) is 11.5 Å². The third-order valence-corrected chi connectivity index (χ3v) is 7.19. The Hall–Kier alpha value is -4.23. The van der Waals surface area contributed by atoms with Crippen LogP contribution in [0.3, 0.4) is 0 Å². The van der Waals surface area contributed by atoms with E-state index in [0.717, 1.165) is 28.2 Å². The van der Waals surface area contributed by atoms with Crippen LogP contribution in [0.4, 0.5) is 4.79 Å². The van der Waals surface area contributed by atoms with E-state index in [1.165, 1.54) is 17.7 Å². The minimum Gasteiger partial charge on any atom is -0.478 e. The molecular formula is C33H33NO5S. The van der Waals surface area contributed by atoms with Crippen molar-refractivity contribution in [1.82, 2.24) is 5.32 Å². The van der Waals surface area contributed by atoms with Gasteiger partial charge in [-0.05, 0) is 92.8 Å². The molecule has 0 aliphatic rings. The summed E-state index contributed by atoms with van der Waals surface area (Å²) in [5, 5.41) is 12.0. The number of nitrogens with one attached hydrogen (secondary N) is 1. The maximum atomic E-state index is 12.3. The zero-order chi connectivity index (χ0) is 28.4. The number of ether oxygens (including phenoxy) is 2. The van der Waals surface area contributed by atoms with Crippen LogP contribution >= 0.6 is 11.8 Å². The summed E-state index contributed by atoms with van der Waals surface area (Å²) in [6, 6.07) is 32.5. The minimum absolute atomic E-state index is 0.179. The highest BCUT2D eigenvalue weighted by atomic mass is 32.2. The van der Waals surface area contributed by atoms with E-state index in [1.54, 1.807) is 23.9 Å². The SMILES string of the molecule is CC(C)(CCc1ccccc1)OC(=O)NCCc1ccc(Sc2cccc(Oc3cccc(C(=O)O)c3)c2)cc1. The molecule has 6 nitrogen and oxygen atoms in total. The molecule has 0 unspecified atom stereocenters. The van der Waals surface area contributed by atoms with Crippen molar-refractivity contribution in [2.45, 2.75) is 48.5 Å². The highest BCUT2D eigenvalue weighted by molar-refractivity contribution is 7.99. The molecule has 7 heteroatoms. The molecule has 206 valence electrons. The van der Waals surface area contributed by atoms with Gasteiger partial charge in [0.05, 0.1) is 5.56 Å². The lowest BCUT2D eigenvalue weighted by molar-refractivity contribution is 0.0331. The smallest absolute Gasteiger partial charge is 0.407 e. The molecule has 0 radical (unpaired) electrons. The van der Waals surface area contributed by atoms with Crippen LogP contribution in [0.15, 0.2) is 113 Å².